The van der Waals surface area contributed by atoms with E-state index in [2.05, 4.69) is 9.97 Å². The number of ketones is 1. The number of imidazole rings is 1. The van der Waals surface area contributed by atoms with Gasteiger partial charge in [0.25, 0.3) is 0 Å². The van der Waals surface area contributed by atoms with Crippen molar-refractivity contribution in [3.63, 3.8) is 0 Å². The average Bonchev–Trinajstić information content (AvgIpc) is 3.58. The Balaban J connectivity index is 1.33. The van der Waals surface area contributed by atoms with E-state index in [9.17, 15) is 23.1 Å². The fraction of sp³-hybridized carbons (Fsp3) is 0.333. The van der Waals surface area contributed by atoms with Crippen LogP contribution >= 0.6 is 0 Å². The fourth-order valence-corrected chi connectivity index (χ4v) is 4.74. The first-order chi connectivity index (χ1) is 18.4. The number of aromatic amines is 1. The molecule has 0 unspecified atom stereocenters. The molecule has 0 aliphatic heterocycles. The van der Waals surface area contributed by atoms with Crippen LogP contribution in [-0.4, -0.2) is 27.0 Å². The van der Waals surface area contributed by atoms with Gasteiger partial charge in [-0.15, -0.1) is 0 Å². The van der Waals surface area contributed by atoms with Crippen molar-refractivity contribution in [2.24, 2.45) is 0 Å². The Labute approximate surface area is 222 Å². The highest BCUT2D eigenvalue weighted by Gasteiger charge is 2.66. The normalized spacial score (nSPS) is 14.9. The molecule has 1 aliphatic rings. The Hall–Kier alpha value is -3.72. The Morgan fingerprint density at radius 3 is 2.38 bits per heavy atom. The SMILES string of the molecule is CC(C)(O)c1cc(F)c(CC(=O)Cc2ccc3nc(C4(C(F)(F)F)CC4)[nH]c3c2)cc1OCc1ccccc1. The Morgan fingerprint density at radius 2 is 1.74 bits per heavy atom. The van der Waals surface area contributed by atoms with Gasteiger partial charge in [-0.2, -0.15) is 13.2 Å². The van der Waals surface area contributed by atoms with E-state index in [-0.39, 0.29) is 60.8 Å². The minimum Gasteiger partial charge on any atom is -0.488 e. The number of benzene rings is 3. The zero-order valence-electron chi connectivity index (χ0n) is 21.5. The summed E-state index contributed by atoms with van der Waals surface area (Å²) >= 11 is 0. The highest BCUT2D eigenvalue weighted by molar-refractivity contribution is 5.85. The topological polar surface area (TPSA) is 75.2 Å². The van der Waals surface area contributed by atoms with E-state index in [1.54, 1.807) is 18.2 Å². The first kappa shape index (κ1) is 26.9. The first-order valence-electron chi connectivity index (χ1n) is 12.7. The number of alkyl halides is 3. The molecule has 5 nitrogen and oxygen atoms in total. The van der Waals surface area contributed by atoms with Gasteiger partial charge in [0.15, 0.2) is 0 Å². The molecule has 0 saturated heterocycles. The van der Waals surface area contributed by atoms with Crippen LogP contribution in [0.5, 0.6) is 5.75 Å². The standard InChI is InChI=1S/C30H28F4N2O3/c1-28(2,38)22-16-23(31)20(15-26(22)39-17-18-6-4-3-5-7-18)14-21(37)12-19-8-9-24-25(13-19)36-27(35-24)29(10-11-29)30(32,33)34/h3-9,13,15-16,38H,10-12,14,17H2,1-2H3,(H,35,36). The van der Waals surface area contributed by atoms with Crippen molar-refractivity contribution in [3.05, 3.63) is 94.6 Å². The molecule has 0 atom stereocenters. The third-order valence-electron chi connectivity index (χ3n) is 7.13. The van der Waals surface area contributed by atoms with Gasteiger partial charge in [0.05, 0.1) is 16.6 Å². The van der Waals surface area contributed by atoms with Crippen LogP contribution in [0.4, 0.5) is 17.6 Å². The molecule has 5 rings (SSSR count). The van der Waals surface area contributed by atoms with E-state index in [0.717, 1.165) is 5.56 Å². The zero-order valence-corrected chi connectivity index (χ0v) is 21.5. The predicted octanol–water partition coefficient (Wildman–Crippen LogP) is 6.46. The Bertz CT molecular complexity index is 1520. The van der Waals surface area contributed by atoms with Crippen LogP contribution in [0.15, 0.2) is 60.7 Å². The van der Waals surface area contributed by atoms with Crippen LogP contribution in [0.3, 0.4) is 0 Å². The van der Waals surface area contributed by atoms with Crippen molar-refractivity contribution in [1.82, 2.24) is 9.97 Å². The summed E-state index contributed by atoms with van der Waals surface area (Å²) in [5, 5.41) is 10.6. The minimum absolute atomic E-state index is 0.00344. The van der Waals surface area contributed by atoms with E-state index in [0.29, 0.717) is 16.6 Å². The molecule has 39 heavy (non-hydrogen) atoms. The summed E-state index contributed by atoms with van der Waals surface area (Å²) in [6.07, 6.45) is -4.65. The van der Waals surface area contributed by atoms with Gasteiger partial charge in [0.2, 0.25) is 0 Å². The highest BCUT2D eigenvalue weighted by Crippen LogP contribution is 2.58. The van der Waals surface area contributed by atoms with Crippen molar-refractivity contribution in [1.29, 1.82) is 0 Å². The number of fused-ring (bicyclic) bond motifs is 1. The number of aromatic nitrogens is 2. The highest BCUT2D eigenvalue weighted by atomic mass is 19.4. The number of Topliss-reactive ketones (excluding diaryl/α,β-unsaturated/α-hetero) is 1. The molecule has 1 heterocycles. The number of halogens is 4. The lowest BCUT2D eigenvalue weighted by molar-refractivity contribution is -0.162. The van der Waals surface area contributed by atoms with Crippen LogP contribution < -0.4 is 4.74 Å². The smallest absolute Gasteiger partial charge is 0.401 e. The third-order valence-corrected chi connectivity index (χ3v) is 7.13. The van der Waals surface area contributed by atoms with Crippen molar-refractivity contribution in [3.8, 4) is 5.75 Å². The summed E-state index contributed by atoms with van der Waals surface area (Å²) in [7, 11) is 0. The third kappa shape index (κ3) is 5.54. The van der Waals surface area contributed by atoms with Gasteiger partial charge in [-0.05, 0) is 67.6 Å². The quantitative estimate of drug-likeness (QED) is 0.239. The first-order valence-corrected chi connectivity index (χ1v) is 12.7. The van der Waals surface area contributed by atoms with Crippen LogP contribution in [0, 0.1) is 5.82 Å². The van der Waals surface area contributed by atoms with Crippen LogP contribution in [0.25, 0.3) is 11.0 Å². The molecule has 2 N–H and O–H groups in total. The second-order valence-electron chi connectivity index (χ2n) is 10.7. The minimum atomic E-state index is -4.38. The van der Waals surface area contributed by atoms with Gasteiger partial charge in [-0.1, -0.05) is 36.4 Å². The molecule has 1 aromatic heterocycles. The second-order valence-corrected chi connectivity index (χ2v) is 10.7. The summed E-state index contributed by atoms with van der Waals surface area (Å²) in [6, 6.07) is 16.8. The lowest BCUT2D eigenvalue weighted by Crippen LogP contribution is -2.29. The van der Waals surface area contributed by atoms with Crippen molar-refractivity contribution >= 4 is 16.8 Å². The predicted molar refractivity (Wildman–Crippen MR) is 138 cm³/mol. The van der Waals surface area contributed by atoms with Gasteiger partial charge in [-0.3, -0.25) is 4.79 Å². The molecule has 3 aromatic carbocycles. The summed E-state index contributed by atoms with van der Waals surface area (Å²) in [5.74, 6) is -0.749. The molecule has 1 aliphatic carbocycles. The molecule has 1 fully saturated rings. The summed E-state index contributed by atoms with van der Waals surface area (Å²) in [4.78, 5) is 19.9. The van der Waals surface area contributed by atoms with E-state index in [4.69, 9.17) is 4.74 Å². The largest absolute Gasteiger partial charge is 0.488 e. The molecule has 9 heteroatoms. The number of ether oxygens (including phenoxy) is 1. The average molecular weight is 541 g/mol. The number of nitrogens with one attached hydrogen (secondary N) is 1. The van der Waals surface area contributed by atoms with Crippen LogP contribution in [0.2, 0.25) is 0 Å². The number of hydrogen-bond donors (Lipinski definition) is 2. The van der Waals surface area contributed by atoms with Gasteiger partial charge >= 0.3 is 6.18 Å². The van der Waals surface area contributed by atoms with Gasteiger partial charge in [-0.25, -0.2) is 9.37 Å². The van der Waals surface area contributed by atoms with Crippen LogP contribution in [-0.2, 0) is 35.3 Å². The molecule has 0 spiro atoms. The number of aliphatic hydroxyl groups is 1. The van der Waals surface area contributed by atoms with Gasteiger partial charge < -0.3 is 14.8 Å². The second kappa shape index (κ2) is 9.79. The number of hydrogen-bond acceptors (Lipinski definition) is 4. The maximum absolute atomic E-state index is 15.0. The number of H-pyrrole nitrogens is 1. The number of carbonyl (C=O) groups excluding carboxylic acids is 1. The maximum atomic E-state index is 15.0. The number of rotatable bonds is 9. The monoisotopic (exact) mass is 540 g/mol. The molecule has 1 saturated carbocycles. The van der Waals surface area contributed by atoms with Crippen molar-refractivity contribution < 1.29 is 32.2 Å². The Morgan fingerprint density at radius 1 is 1.03 bits per heavy atom. The van der Waals surface area contributed by atoms with Gasteiger partial charge in [0.1, 0.15) is 35.2 Å². The lowest BCUT2D eigenvalue weighted by Gasteiger charge is -2.23. The lowest BCUT2D eigenvalue weighted by atomic mass is 9.93. The van der Waals surface area contributed by atoms with Crippen molar-refractivity contribution in [2.45, 2.75) is 63.3 Å². The maximum Gasteiger partial charge on any atom is 0.401 e. The molecular weight excluding hydrogens is 512 g/mol. The molecular formula is C30H28F4N2O3. The molecule has 0 bridgehead atoms. The molecule has 204 valence electrons. The zero-order chi connectivity index (χ0) is 28.0. The van der Waals surface area contributed by atoms with E-state index >= 15 is 4.39 Å². The van der Waals surface area contributed by atoms with E-state index in [1.165, 1.54) is 26.0 Å². The summed E-state index contributed by atoms with van der Waals surface area (Å²) in [6.45, 7) is 3.25. The molecule has 4 aromatic rings. The summed E-state index contributed by atoms with van der Waals surface area (Å²) in [5.41, 5.74) is -0.626. The number of carbonyl (C=O) groups is 1. The van der Waals surface area contributed by atoms with Crippen LogP contribution in [0.1, 0.15) is 54.8 Å². The number of nitrogens with zero attached hydrogens (tertiary/aromatic N) is 1. The van der Waals surface area contributed by atoms with E-state index < -0.39 is 23.0 Å². The summed E-state index contributed by atoms with van der Waals surface area (Å²) < 4.78 is 61.4. The van der Waals surface area contributed by atoms with E-state index in [1.807, 2.05) is 30.3 Å². The molecule has 0 amide bonds. The van der Waals surface area contributed by atoms with Gasteiger partial charge in [0, 0.05) is 18.4 Å². The Kier molecular flexibility index (Phi) is 6.74. The fourth-order valence-electron chi connectivity index (χ4n) is 4.74. The molecule has 0 radical (unpaired) electrons. The van der Waals surface area contributed by atoms with Crippen molar-refractivity contribution in [2.75, 3.05) is 0 Å².